The second kappa shape index (κ2) is 8.34. The molecule has 2 aliphatic rings. The maximum atomic E-state index is 13.2. The minimum atomic E-state index is -3.36. The van der Waals surface area contributed by atoms with Crippen LogP contribution in [0.1, 0.15) is 69.0 Å². The number of furan rings is 1. The summed E-state index contributed by atoms with van der Waals surface area (Å²) in [5, 5.41) is 4.08. The van der Waals surface area contributed by atoms with Gasteiger partial charge in [0.1, 0.15) is 5.76 Å². The number of nitrogens with two attached hydrogens (primary N) is 1. The minimum absolute atomic E-state index is 0.228. The van der Waals surface area contributed by atoms with Gasteiger partial charge in [-0.1, -0.05) is 30.8 Å². The monoisotopic (exact) mass is 408 g/mol. The fourth-order valence-electron chi connectivity index (χ4n) is 4.32. The molecular formula is C19H28N4O4S. The summed E-state index contributed by atoms with van der Waals surface area (Å²) in [6, 6.07) is 3.13. The molecule has 1 aliphatic carbocycles. The zero-order valence-corrected chi connectivity index (χ0v) is 16.9. The van der Waals surface area contributed by atoms with Gasteiger partial charge < -0.3 is 14.7 Å². The molecule has 2 fully saturated rings. The molecule has 9 heteroatoms. The lowest BCUT2D eigenvalue weighted by atomic mass is 9.91. The van der Waals surface area contributed by atoms with Crippen molar-refractivity contribution in [3.8, 4) is 11.7 Å². The van der Waals surface area contributed by atoms with E-state index in [1.807, 2.05) is 0 Å². The van der Waals surface area contributed by atoms with E-state index in [4.69, 9.17) is 14.7 Å². The predicted molar refractivity (Wildman–Crippen MR) is 104 cm³/mol. The average Bonchev–Trinajstić information content (AvgIpc) is 3.38. The fourth-order valence-corrected chi connectivity index (χ4v) is 6.43. The highest BCUT2D eigenvalue weighted by atomic mass is 32.2. The van der Waals surface area contributed by atoms with Gasteiger partial charge >= 0.3 is 0 Å². The normalized spacial score (nSPS) is 22.5. The Morgan fingerprint density at radius 2 is 1.89 bits per heavy atom. The molecule has 8 nitrogen and oxygen atoms in total. The number of sulfonamides is 1. The molecule has 1 saturated carbocycles. The molecule has 0 aromatic carbocycles. The van der Waals surface area contributed by atoms with Crippen LogP contribution in [0.4, 0.5) is 0 Å². The highest BCUT2D eigenvalue weighted by Gasteiger charge is 2.37. The molecule has 0 radical (unpaired) electrons. The van der Waals surface area contributed by atoms with Crippen molar-refractivity contribution >= 4 is 10.0 Å². The van der Waals surface area contributed by atoms with Crippen molar-refractivity contribution in [2.45, 2.75) is 64.0 Å². The van der Waals surface area contributed by atoms with E-state index in [1.54, 1.807) is 16.4 Å². The Morgan fingerprint density at radius 1 is 1.11 bits per heavy atom. The number of piperidine rings is 1. The van der Waals surface area contributed by atoms with Crippen molar-refractivity contribution in [2.75, 3.05) is 12.3 Å². The maximum Gasteiger partial charge on any atom is 0.293 e. The van der Waals surface area contributed by atoms with E-state index in [-0.39, 0.29) is 30.1 Å². The van der Waals surface area contributed by atoms with Crippen LogP contribution < -0.4 is 5.73 Å². The second-order valence-electron chi connectivity index (χ2n) is 7.83. The van der Waals surface area contributed by atoms with Crippen molar-refractivity contribution in [1.82, 2.24) is 14.4 Å². The smallest absolute Gasteiger partial charge is 0.293 e. The van der Waals surface area contributed by atoms with Crippen molar-refractivity contribution in [1.29, 1.82) is 0 Å². The van der Waals surface area contributed by atoms with E-state index in [9.17, 15) is 8.42 Å². The van der Waals surface area contributed by atoms with Crippen LogP contribution in [0.3, 0.4) is 0 Å². The molecule has 28 heavy (non-hydrogen) atoms. The molecule has 1 aliphatic heterocycles. The average molecular weight is 409 g/mol. The number of aromatic nitrogens is 2. The highest BCUT2D eigenvalue weighted by molar-refractivity contribution is 7.89. The van der Waals surface area contributed by atoms with Crippen LogP contribution in [0, 0.1) is 5.92 Å². The predicted octanol–water partition coefficient (Wildman–Crippen LogP) is 3.23. The van der Waals surface area contributed by atoms with Crippen molar-refractivity contribution < 1.29 is 17.4 Å². The van der Waals surface area contributed by atoms with Gasteiger partial charge in [-0.05, 0) is 43.7 Å². The zero-order chi connectivity index (χ0) is 19.6. The van der Waals surface area contributed by atoms with Crippen LogP contribution >= 0.6 is 0 Å². The van der Waals surface area contributed by atoms with Gasteiger partial charge in [-0.15, -0.1) is 0 Å². The standard InChI is InChI=1S/C19H28N4O4S/c20-12-15-9-10-17(26-15)19-21-18(22-27-19)16-8-4-5-11-23(16)28(24,25)13-14-6-2-1-3-7-14/h9-10,14,16H,1-8,11-13,20H2. The topological polar surface area (TPSA) is 115 Å². The highest BCUT2D eigenvalue weighted by Crippen LogP contribution is 2.35. The Balaban J connectivity index is 1.53. The van der Waals surface area contributed by atoms with Gasteiger partial charge in [-0.3, -0.25) is 0 Å². The second-order valence-corrected chi connectivity index (χ2v) is 9.80. The van der Waals surface area contributed by atoms with Crippen LogP contribution in [0.25, 0.3) is 11.7 Å². The van der Waals surface area contributed by atoms with E-state index < -0.39 is 10.0 Å². The SMILES string of the molecule is NCc1ccc(-c2nc(C3CCCCN3S(=O)(=O)CC3CCCCC3)no2)o1. The Labute approximate surface area is 165 Å². The van der Waals surface area contributed by atoms with Gasteiger partial charge in [0.05, 0.1) is 18.3 Å². The molecule has 4 rings (SSSR count). The number of nitrogens with zero attached hydrogens (tertiary/aromatic N) is 3. The Hall–Kier alpha value is -1.71. The maximum absolute atomic E-state index is 13.2. The van der Waals surface area contributed by atoms with Gasteiger partial charge in [0.2, 0.25) is 10.0 Å². The molecule has 2 aromatic heterocycles. The van der Waals surface area contributed by atoms with Crippen molar-refractivity contribution in [3.05, 3.63) is 23.7 Å². The molecule has 0 bridgehead atoms. The summed E-state index contributed by atoms with van der Waals surface area (Å²) < 4.78 is 38.8. The summed E-state index contributed by atoms with van der Waals surface area (Å²) in [6.45, 7) is 0.804. The van der Waals surface area contributed by atoms with Crippen LogP contribution in [0.15, 0.2) is 21.1 Å². The molecule has 2 aromatic rings. The molecule has 3 heterocycles. The summed E-state index contributed by atoms with van der Waals surface area (Å²) in [4.78, 5) is 4.44. The summed E-state index contributed by atoms with van der Waals surface area (Å²) >= 11 is 0. The van der Waals surface area contributed by atoms with Crippen LogP contribution in [0.2, 0.25) is 0 Å². The summed E-state index contributed by atoms with van der Waals surface area (Å²) in [5.41, 5.74) is 5.57. The lowest BCUT2D eigenvalue weighted by molar-refractivity contribution is 0.237. The minimum Gasteiger partial charge on any atom is -0.455 e. The fraction of sp³-hybridized carbons (Fsp3) is 0.684. The third-order valence-electron chi connectivity index (χ3n) is 5.80. The van der Waals surface area contributed by atoms with Gasteiger partial charge in [0.15, 0.2) is 11.6 Å². The van der Waals surface area contributed by atoms with Crippen LogP contribution in [0.5, 0.6) is 0 Å². The van der Waals surface area contributed by atoms with Crippen molar-refractivity contribution in [3.63, 3.8) is 0 Å². The Kier molecular flexibility index (Phi) is 5.84. The zero-order valence-electron chi connectivity index (χ0n) is 16.0. The first-order valence-electron chi connectivity index (χ1n) is 10.2. The largest absolute Gasteiger partial charge is 0.455 e. The van der Waals surface area contributed by atoms with Gasteiger partial charge in [0.25, 0.3) is 5.89 Å². The molecule has 0 spiro atoms. The molecule has 2 N–H and O–H groups in total. The summed E-state index contributed by atoms with van der Waals surface area (Å²) in [6.07, 6.45) is 8.00. The molecule has 1 atom stereocenters. The Bertz CT molecular complexity index is 885. The lowest BCUT2D eigenvalue weighted by Gasteiger charge is -2.34. The number of hydrogen-bond acceptors (Lipinski definition) is 7. The first-order valence-corrected chi connectivity index (χ1v) is 11.8. The van der Waals surface area contributed by atoms with Crippen LogP contribution in [-0.2, 0) is 16.6 Å². The molecular weight excluding hydrogens is 380 g/mol. The quantitative estimate of drug-likeness (QED) is 0.780. The van der Waals surface area contributed by atoms with E-state index in [1.165, 1.54) is 6.42 Å². The third kappa shape index (κ3) is 4.16. The summed E-state index contributed by atoms with van der Waals surface area (Å²) in [7, 11) is -3.36. The first-order chi connectivity index (χ1) is 13.6. The number of rotatable bonds is 6. The van der Waals surface area contributed by atoms with E-state index in [0.29, 0.717) is 30.3 Å². The molecule has 1 saturated heterocycles. The molecule has 154 valence electrons. The van der Waals surface area contributed by atoms with Crippen LogP contribution in [-0.4, -0.2) is 35.2 Å². The van der Waals surface area contributed by atoms with Gasteiger partial charge in [-0.25, -0.2) is 8.42 Å². The van der Waals surface area contributed by atoms with E-state index in [2.05, 4.69) is 10.1 Å². The van der Waals surface area contributed by atoms with E-state index in [0.717, 1.165) is 38.5 Å². The van der Waals surface area contributed by atoms with Gasteiger partial charge in [-0.2, -0.15) is 9.29 Å². The molecule has 1 unspecified atom stereocenters. The van der Waals surface area contributed by atoms with Gasteiger partial charge in [0, 0.05) is 6.54 Å². The third-order valence-corrected chi connectivity index (χ3v) is 7.84. The first kappa shape index (κ1) is 19.6. The van der Waals surface area contributed by atoms with Crippen molar-refractivity contribution in [2.24, 2.45) is 11.7 Å². The van der Waals surface area contributed by atoms with E-state index >= 15 is 0 Å². The molecule has 0 amide bonds. The Morgan fingerprint density at radius 3 is 2.64 bits per heavy atom. The number of hydrogen-bond donors (Lipinski definition) is 1. The summed E-state index contributed by atoms with van der Waals surface area (Å²) in [5.74, 6) is 2.24. The lowest BCUT2D eigenvalue weighted by Crippen LogP contribution is -2.41.